The Hall–Kier alpha value is -2.38. The van der Waals surface area contributed by atoms with E-state index in [1.54, 1.807) is 24.3 Å². The van der Waals surface area contributed by atoms with E-state index in [4.69, 9.17) is 9.84 Å². The molecule has 0 amide bonds. The smallest absolute Gasteiger partial charge is 0.132 e. The predicted octanol–water partition coefficient (Wildman–Crippen LogP) is 3.28. The summed E-state index contributed by atoms with van der Waals surface area (Å²) in [5, 5.41) is 8.66. The van der Waals surface area contributed by atoms with Gasteiger partial charge in [0.25, 0.3) is 0 Å². The Kier molecular flexibility index (Phi) is 5.30. The van der Waals surface area contributed by atoms with Crippen LogP contribution < -0.4 is 4.74 Å². The molecule has 0 heterocycles. The van der Waals surface area contributed by atoms with Crippen molar-refractivity contribution in [3.8, 4) is 17.6 Å². The van der Waals surface area contributed by atoms with Crippen molar-refractivity contribution in [3.63, 3.8) is 0 Å². The summed E-state index contributed by atoms with van der Waals surface area (Å²) in [4.78, 5) is 0. The zero-order valence-corrected chi connectivity index (χ0v) is 11.3. The van der Waals surface area contributed by atoms with Gasteiger partial charge >= 0.3 is 0 Å². The lowest BCUT2D eigenvalue weighted by Gasteiger charge is -2.08. The maximum atomic E-state index is 13.5. The molecule has 0 saturated carbocycles. The summed E-state index contributed by atoms with van der Waals surface area (Å²) in [6.07, 6.45) is 0.394. The quantitative estimate of drug-likeness (QED) is 0.875. The largest absolute Gasteiger partial charge is 0.489 e. The van der Waals surface area contributed by atoms with Crippen molar-refractivity contribution in [1.29, 1.82) is 0 Å². The van der Waals surface area contributed by atoms with E-state index in [-0.39, 0.29) is 18.8 Å². The lowest BCUT2D eigenvalue weighted by Crippen LogP contribution is -2.01. The van der Waals surface area contributed by atoms with Gasteiger partial charge in [-0.15, -0.1) is 0 Å². The fraction of sp³-hybridized carbons (Fsp3) is 0.176. The van der Waals surface area contributed by atoms with E-state index in [1.165, 1.54) is 18.2 Å². The SMILES string of the molecule is OCCC#Cc1cccc(OCc2c(F)cccc2F)c1. The van der Waals surface area contributed by atoms with Crippen LogP contribution in [0.3, 0.4) is 0 Å². The van der Waals surface area contributed by atoms with Gasteiger partial charge in [-0.05, 0) is 30.3 Å². The summed E-state index contributed by atoms with van der Waals surface area (Å²) in [6, 6.07) is 10.6. The summed E-state index contributed by atoms with van der Waals surface area (Å²) in [6.45, 7) is -0.179. The fourth-order valence-corrected chi connectivity index (χ4v) is 1.71. The summed E-state index contributed by atoms with van der Waals surface area (Å²) in [5.41, 5.74) is 0.615. The molecule has 0 bridgehead atoms. The van der Waals surface area contributed by atoms with E-state index in [0.29, 0.717) is 12.2 Å². The Labute approximate surface area is 122 Å². The van der Waals surface area contributed by atoms with Crippen LogP contribution >= 0.6 is 0 Å². The van der Waals surface area contributed by atoms with Gasteiger partial charge in [-0.2, -0.15) is 0 Å². The number of aliphatic hydroxyl groups excluding tert-OH is 1. The Morgan fingerprint density at radius 2 is 1.76 bits per heavy atom. The molecule has 2 aromatic carbocycles. The summed E-state index contributed by atoms with van der Waals surface area (Å²) >= 11 is 0. The second kappa shape index (κ2) is 7.41. The average Bonchev–Trinajstić information content (AvgIpc) is 2.47. The highest BCUT2D eigenvalue weighted by molar-refractivity contribution is 5.39. The molecule has 108 valence electrons. The van der Waals surface area contributed by atoms with Crippen molar-refractivity contribution >= 4 is 0 Å². The molecule has 2 aromatic rings. The molecule has 21 heavy (non-hydrogen) atoms. The van der Waals surface area contributed by atoms with Crippen LogP contribution in [0.5, 0.6) is 5.75 Å². The molecule has 0 aliphatic rings. The van der Waals surface area contributed by atoms with Crippen molar-refractivity contribution in [2.45, 2.75) is 13.0 Å². The van der Waals surface area contributed by atoms with Crippen LogP contribution in [0.25, 0.3) is 0 Å². The van der Waals surface area contributed by atoms with Gasteiger partial charge in [0.15, 0.2) is 0 Å². The number of halogens is 2. The zero-order chi connectivity index (χ0) is 15.1. The van der Waals surface area contributed by atoms with Gasteiger partial charge in [0.2, 0.25) is 0 Å². The van der Waals surface area contributed by atoms with Gasteiger partial charge in [0.05, 0.1) is 12.2 Å². The van der Waals surface area contributed by atoms with E-state index < -0.39 is 11.6 Å². The minimum Gasteiger partial charge on any atom is -0.489 e. The number of aliphatic hydroxyl groups is 1. The number of ether oxygens (including phenoxy) is 1. The van der Waals surface area contributed by atoms with Crippen LogP contribution in [0.1, 0.15) is 17.5 Å². The first-order valence-corrected chi connectivity index (χ1v) is 6.46. The van der Waals surface area contributed by atoms with Gasteiger partial charge in [0.1, 0.15) is 24.0 Å². The van der Waals surface area contributed by atoms with E-state index in [1.807, 2.05) is 0 Å². The third-order valence-corrected chi connectivity index (χ3v) is 2.75. The third kappa shape index (κ3) is 4.30. The first kappa shape index (κ1) is 15.0. The molecule has 0 atom stereocenters. The lowest BCUT2D eigenvalue weighted by atomic mass is 10.2. The van der Waals surface area contributed by atoms with Crippen LogP contribution in [0.15, 0.2) is 42.5 Å². The molecular formula is C17H14F2O2. The Morgan fingerprint density at radius 3 is 2.48 bits per heavy atom. The average molecular weight is 288 g/mol. The van der Waals surface area contributed by atoms with Crippen LogP contribution in [-0.2, 0) is 6.61 Å². The van der Waals surface area contributed by atoms with Crippen molar-refractivity contribution in [1.82, 2.24) is 0 Å². The molecule has 4 heteroatoms. The molecule has 0 unspecified atom stereocenters. The van der Waals surface area contributed by atoms with E-state index in [2.05, 4.69) is 11.8 Å². The summed E-state index contributed by atoms with van der Waals surface area (Å²) < 4.78 is 32.3. The molecular weight excluding hydrogens is 274 g/mol. The molecule has 0 aromatic heterocycles. The third-order valence-electron chi connectivity index (χ3n) is 2.75. The number of rotatable bonds is 4. The van der Waals surface area contributed by atoms with Crippen LogP contribution in [-0.4, -0.2) is 11.7 Å². The van der Waals surface area contributed by atoms with Gasteiger partial charge in [-0.1, -0.05) is 24.0 Å². The van der Waals surface area contributed by atoms with Crippen molar-refractivity contribution in [2.24, 2.45) is 0 Å². The molecule has 1 N–H and O–H groups in total. The molecule has 2 rings (SSSR count). The molecule has 0 aliphatic carbocycles. The van der Waals surface area contributed by atoms with Crippen LogP contribution in [0.2, 0.25) is 0 Å². The Bertz CT molecular complexity index is 652. The molecule has 0 fully saturated rings. The van der Waals surface area contributed by atoms with Crippen molar-refractivity contribution in [2.75, 3.05) is 6.61 Å². The lowest BCUT2D eigenvalue weighted by molar-refractivity contribution is 0.292. The normalized spacial score (nSPS) is 9.86. The summed E-state index contributed by atoms with van der Waals surface area (Å²) in [7, 11) is 0. The Morgan fingerprint density at radius 1 is 1.05 bits per heavy atom. The van der Waals surface area contributed by atoms with Crippen LogP contribution in [0, 0.1) is 23.5 Å². The standard InChI is InChI=1S/C17H14F2O2/c18-16-8-4-9-17(19)15(16)12-21-14-7-3-6-13(11-14)5-1-2-10-20/h3-4,6-9,11,20H,2,10,12H2. The second-order valence-electron chi connectivity index (χ2n) is 4.29. The van der Waals surface area contributed by atoms with Gasteiger partial charge in [-0.3, -0.25) is 0 Å². The number of hydrogen-bond donors (Lipinski definition) is 1. The van der Waals surface area contributed by atoms with E-state index in [9.17, 15) is 8.78 Å². The van der Waals surface area contributed by atoms with Crippen molar-refractivity contribution in [3.05, 3.63) is 65.2 Å². The molecule has 0 saturated heterocycles. The predicted molar refractivity (Wildman–Crippen MR) is 75.7 cm³/mol. The highest BCUT2D eigenvalue weighted by Crippen LogP contribution is 2.17. The Balaban J connectivity index is 2.07. The number of benzene rings is 2. The molecule has 0 radical (unpaired) electrons. The maximum Gasteiger partial charge on any atom is 0.132 e. The van der Waals surface area contributed by atoms with Crippen molar-refractivity contribution < 1.29 is 18.6 Å². The fourth-order valence-electron chi connectivity index (χ4n) is 1.71. The highest BCUT2D eigenvalue weighted by Gasteiger charge is 2.08. The van der Waals surface area contributed by atoms with Gasteiger partial charge in [0, 0.05) is 12.0 Å². The van der Waals surface area contributed by atoms with Crippen LogP contribution in [0.4, 0.5) is 8.78 Å². The topological polar surface area (TPSA) is 29.5 Å². The summed E-state index contributed by atoms with van der Waals surface area (Å²) in [5.74, 6) is 4.88. The minimum absolute atomic E-state index is 0.00967. The highest BCUT2D eigenvalue weighted by atomic mass is 19.1. The minimum atomic E-state index is -0.631. The molecule has 0 aliphatic heterocycles. The van der Waals surface area contributed by atoms with Gasteiger partial charge < -0.3 is 9.84 Å². The first-order valence-electron chi connectivity index (χ1n) is 6.46. The second-order valence-corrected chi connectivity index (χ2v) is 4.29. The monoisotopic (exact) mass is 288 g/mol. The van der Waals surface area contributed by atoms with E-state index in [0.717, 1.165) is 5.56 Å². The first-order chi connectivity index (χ1) is 10.2. The maximum absolute atomic E-state index is 13.5. The molecule has 2 nitrogen and oxygen atoms in total. The van der Waals surface area contributed by atoms with E-state index >= 15 is 0 Å². The molecule has 0 spiro atoms. The number of hydrogen-bond acceptors (Lipinski definition) is 2. The zero-order valence-electron chi connectivity index (χ0n) is 11.3. The van der Waals surface area contributed by atoms with Gasteiger partial charge in [-0.25, -0.2) is 8.78 Å².